The van der Waals surface area contributed by atoms with E-state index < -0.39 is 0 Å². The summed E-state index contributed by atoms with van der Waals surface area (Å²) in [6, 6.07) is 10.7. The molecular weight excluding hydrogens is 521 g/mol. The normalized spacial score (nSPS) is 17.1. The van der Waals surface area contributed by atoms with E-state index >= 15 is 0 Å². The Bertz CT molecular complexity index is 869. The molecule has 0 spiro atoms. The number of carbonyl (C=O) groups is 1. The fourth-order valence-corrected chi connectivity index (χ4v) is 4.62. The molecule has 2 heterocycles. The molecule has 2 aromatic rings. The van der Waals surface area contributed by atoms with E-state index in [0.29, 0.717) is 6.54 Å². The third-order valence-electron chi connectivity index (χ3n) is 5.45. The van der Waals surface area contributed by atoms with Crippen molar-refractivity contribution in [2.75, 3.05) is 19.6 Å². The van der Waals surface area contributed by atoms with Crippen molar-refractivity contribution in [3.8, 4) is 0 Å². The van der Waals surface area contributed by atoms with Crippen LogP contribution in [-0.2, 0) is 24.4 Å². The Balaban J connectivity index is 0.00000341. The van der Waals surface area contributed by atoms with Crippen LogP contribution >= 0.6 is 35.3 Å². The number of carbonyl (C=O) groups excluding carboxylic acids is 1. The van der Waals surface area contributed by atoms with Crippen molar-refractivity contribution in [2.45, 2.75) is 46.3 Å². The highest BCUT2D eigenvalue weighted by atomic mass is 127. The van der Waals surface area contributed by atoms with Crippen molar-refractivity contribution >= 4 is 47.2 Å². The van der Waals surface area contributed by atoms with E-state index in [1.54, 1.807) is 11.3 Å². The predicted octanol–water partition coefficient (Wildman–Crippen LogP) is 3.63. The lowest BCUT2D eigenvalue weighted by molar-refractivity contribution is -0.123. The van der Waals surface area contributed by atoms with E-state index in [4.69, 9.17) is 10.7 Å². The first-order valence-electron chi connectivity index (χ1n) is 10.7. The molecule has 0 bridgehead atoms. The van der Waals surface area contributed by atoms with Crippen LogP contribution in [0.1, 0.15) is 41.3 Å². The van der Waals surface area contributed by atoms with Gasteiger partial charge in [-0.15, -0.1) is 35.3 Å². The van der Waals surface area contributed by atoms with Gasteiger partial charge in [0.2, 0.25) is 5.91 Å². The van der Waals surface area contributed by atoms with Gasteiger partial charge in [-0.1, -0.05) is 24.3 Å². The van der Waals surface area contributed by atoms with E-state index in [2.05, 4.69) is 65.1 Å². The number of guanidine groups is 1. The smallest absolute Gasteiger partial charge is 0.221 e. The van der Waals surface area contributed by atoms with Crippen molar-refractivity contribution in [1.29, 1.82) is 0 Å². The van der Waals surface area contributed by atoms with E-state index in [1.165, 1.54) is 21.6 Å². The molecule has 1 fully saturated rings. The first-order chi connectivity index (χ1) is 14.5. The summed E-state index contributed by atoms with van der Waals surface area (Å²) >= 11 is 1.77. The number of primary amides is 1. The van der Waals surface area contributed by atoms with Crippen LogP contribution < -0.4 is 16.4 Å². The number of hydrogen-bond acceptors (Lipinski definition) is 4. The van der Waals surface area contributed by atoms with Gasteiger partial charge in [0.05, 0.1) is 19.0 Å². The van der Waals surface area contributed by atoms with Crippen molar-refractivity contribution < 1.29 is 4.79 Å². The Morgan fingerprint density at radius 2 is 2.10 bits per heavy atom. The van der Waals surface area contributed by atoms with Crippen LogP contribution in [0.25, 0.3) is 0 Å². The summed E-state index contributed by atoms with van der Waals surface area (Å²) in [4.78, 5) is 19.9. The molecule has 6 nitrogen and oxygen atoms in total. The summed E-state index contributed by atoms with van der Waals surface area (Å²) in [5.41, 5.74) is 9.25. The summed E-state index contributed by atoms with van der Waals surface area (Å²) in [7, 11) is 0. The van der Waals surface area contributed by atoms with Crippen LogP contribution in [0.15, 0.2) is 40.7 Å². The Labute approximate surface area is 206 Å². The molecule has 1 aromatic heterocycles. The summed E-state index contributed by atoms with van der Waals surface area (Å²) in [5, 5.41) is 8.87. The fraction of sp³-hybridized carbons (Fsp3) is 0.478. The molecule has 0 saturated carbocycles. The molecule has 1 aliphatic heterocycles. The lowest BCUT2D eigenvalue weighted by Crippen LogP contribution is -2.40. The van der Waals surface area contributed by atoms with Gasteiger partial charge < -0.3 is 16.4 Å². The van der Waals surface area contributed by atoms with Crippen LogP contribution in [0.5, 0.6) is 0 Å². The van der Waals surface area contributed by atoms with Crippen LogP contribution in [-0.4, -0.2) is 36.4 Å². The topological polar surface area (TPSA) is 82.8 Å². The molecule has 1 saturated heterocycles. The number of nitrogens with two attached hydrogens (primary N) is 1. The minimum absolute atomic E-state index is 0. The second-order valence-corrected chi connectivity index (χ2v) is 8.87. The molecule has 1 amide bonds. The molecular formula is C23H34IN5OS. The maximum Gasteiger partial charge on any atom is 0.221 e. The average molecular weight is 556 g/mol. The number of likely N-dealkylation sites (tertiary alicyclic amines) is 1. The van der Waals surface area contributed by atoms with Gasteiger partial charge in [0.1, 0.15) is 0 Å². The van der Waals surface area contributed by atoms with Crippen molar-refractivity contribution in [2.24, 2.45) is 16.6 Å². The van der Waals surface area contributed by atoms with Gasteiger partial charge in [-0.05, 0) is 61.4 Å². The molecule has 1 unspecified atom stereocenters. The number of rotatable bonds is 8. The van der Waals surface area contributed by atoms with Crippen LogP contribution in [0.4, 0.5) is 0 Å². The highest BCUT2D eigenvalue weighted by Crippen LogP contribution is 2.19. The SMILES string of the molecule is CCNC(=NCc1cccc(CN2CCCC(C(N)=O)C2)c1)NCc1sccc1C.I. The number of aliphatic imine (C=N–C) groups is 1. The van der Waals surface area contributed by atoms with Crippen LogP contribution in [0.3, 0.4) is 0 Å². The first-order valence-corrected chi connectivity index (χ1v) is 11.6. The summed E-state index contributed by atoms with van der Waals surface area (Å²) < 4.78 is 0. The molecule has 4 N–H and O–H groups in total. The zero-order chi connectivity index (χ0) is 21.3. The van der Waals surface area contributed by atoms with Gasteiger partial charge in [-0.2, -0.15) is 0 Å². The molecule has 3 rings (SSSR count). The first kappa shape index (κ1) is 25.6. The number of benzene rings is 1. The van der Waals surface area contributed by atoms with E-state index in [0.717, 1.165) is 51.5 Å². The number of aryl methyl sites for hydroxylation is 1. The number of piperidine rings is 1. The Morgan fingerprint density at radius 1 is 1.29 bits per heavy atom. The molecule has 1 aliphatic rings. The minimum Gasteiger partial charge on any atom is -0.369 e. The number of nitrogens with one attached hydrogen (secondary N) is 2. The third-order valence-corrected chi connectivity index (χ3v) is 6.48. The zero-order valence-electron chi connectivity index (χ0n) is 18.4. The van der Waals surface area contributed by atoms with Crippen molar-refractivity contribution in [3.63, 3.8) is 0 Å². The van der Waals surface area contributed by atoms with Gasteiger partial charge in [0.25, 0.3) is 0 Å². The number of thiophene rings is 1. The summed E-state index contributed by atoms with van der Waals surface area (Å²) in [5.74, 6) is 0.632. The Hall–Kier alpha value is -1.65. The molecule has 1 atom stereocenters. The minimum atomic E-state index is -0.177. The second kappa shape index (κ2) is 13.0. The molecule has 1 aromatic carbocycles. The Kier molecular flexibility index (Phi) is 10.8. The predicted molar refractivity (Wildman–Crippen MR) is 140 cm³/mol. The van der Waals surface area contributed by atoms with E-state index in [-0.39, 0.29) is 35.8 Å². The summed E-state index contributed by atoms with van der Waals surface area (Å²) in [6.45, 7) is 9.06. The van der Waals surface area contributed by atoms with Crippen LogP contribution in [0, 0.1) is 12.8 Å². The number of nitrogens with zero attached hydrogens (tertiary/aromatic N) is 2. The molecule has 0 aliphatic carbocycles. The molecule has 8 heteroatoms. The standard InChI is InChI=1S/C23H33N5OS.HI/c1-3-25-23(27-14-21-17(2)9-11-30-21)26-13-18-6-4-7-19(12-18)15-28-10-5-8-20(16-28)22(24)29;/h4,6-7,9,11-12,20H,3,5,8,10,13-16H2,1-2H3,(H2,24,29)(H2,25,26,27);1H. The van der Waals surface area contributed by atoms with Gasteiger partial charge in [0, 0.05) is 24.5 Å². The van der Waals surface area contributed by atoms with E-state index in [9.17, 15) is 4.79 Å². The number of amides is 1. The third kappa shape index (κ3) is 8.08. The maximum atomic E-state index is 11.5. The van der Waals surface area contributed by atoms with Gasteiger partial charge in [0.15, 0.2) is 5.96 Å². The Morgan fingerprint density at radius 3 is 2.81 bits per heavy atom. The number of halogens is 1. The van der Waals surface area contributed by atoms with E-state index in [1.807, 2.05) is 0 Å². The van der Waals surface area contributed by atoms with Crippen molar-refractivity contribution in [1.82, 2.24) is 15.5 Å². The largest absolute Gasteiger partial charge is 0.369 e. The maximum absolute atomic E-state index is 11.5. The highest BCUT2D eigenvalue weighted by Gasteiger charge is 2.23. The quantitative estimate of drug-likeness (QED) is 0.264. The zero-order valence-corrected chi connectivity index (χ0v) is 21.5. The summed E-state index contributed by atoms with van der Waals surface area (Å²) in [6.07, 6.45) is 1.94. The average Bonchev–Trinajstić information content (AvgIpc) is 3.15. The fourth-order valence-electron chi connectivity index (χ4n) is 3.78. The molecule has 0 radical (unpaired) electrons. The van der Waals surface area contributed by atoms with Crippen molar-refractivity contribution in [3.05, 3.63) is 57.3 Å². The highest BCUT2D eigenvalue weighted by molar-refractivity contribution is 14.0. The van der Waals surface area contributed by atoms with Gasteiger partial charge in [-0.25, -0.2) is 4.99 Å². The number of hydrogen-bond donors (Lipinski definition) is 3. The lowest BCUT2D eigenvalue weighted by atomic mass is 9.97. The second-order valence-electron chi connectivity index (χ2n) is 7.87. The molecule has 170 valence electrons. The van der Waals surface area contributed by atoms with Crippen LogP contribution in [0.2, 0.25) is 0 Å². The lowest BCUT2D eigenvalue weighted by Gasteiger charge is -2.31. The molecule has 31 heavy (non-hydrogen) atoms. The van der Waals surface area contributed by atoms with Gasteiger partial charge >= 0.3 is 0 Å². The monoisotopic (exact) mass is 555 g/mol. The van der Waals surface area contributed by atoms with Gasteiger partial charge in [-0.3, -0.25) is 9.69 Å².